The Morgan fingerprint density at radius 2 is 0.610 bits per heavy atom. The van der Waals surface area contributed by atoms with Crippen LogP contribution in [-0.2, 0) is 26.4 Å². The van der Waals surface area contributed by atoms with Gasteiger partial charge in [-0.05, 0) is 129 Å². The summed E-state index contributed by atoms with van der Waals surface area (Å²) in [5.41, 5.74) is 4.94. The summed E-state index contributed by atoms with van der Waals surface area (Å²) in [5, 5.41) is 41.7. The van der Waals surface area contributed by atoms with Crippen LogP contribution >= 0.6 is 0 Å². The monoisotopic (exact) mass is 1370 g/mol. The first-order valence-electron chi connectivity index (χ1n) is 31.5. The van der Waals surface area contributed by atoms with Gasteiger partial charge in [-0.2, -0.15) is 0 Å². The second kappa shape index (κ2) is 30.1. The number of fused-ring (bicyclic) bond motifs is 4. The van der Waals surface area contributed by atoms with Crippen molar-refractivity contribution < 1.29 is 115 Å². The molecular formula is C76H76O24. The van der Waals surface area contributed by atoms with Crippen LogP contribution < -0.4 is 75.8 Å². The quantitative estimate of drug-likeness (QED) is 0.0490. The van der Waals surface area contributed by atoms with Gasteiger partial charge in [-0.25, -0.2) is 0 Å². The molecule has 8 aromatic rings. The Bertz CT molecular complexity index is 4180. The standard InChI is InChI=1S/2C38H38O12/c2*1-43-24-9-7-20(13-27(24)45-3)26-16-23(41)33-30(48-6)15-22(18-40)32(38(33)49-26)35-36(42)34-29(47-5)11-19(17-39)12-31(34)50-37(35)21-8-10-25(44-2)28(14-21)46-4/h2*7-15,26,35,37,39-40H,16-18H2,1-6H3/t26-,35+,37+;26-,35-,37+/m00/s1. The third-order valence-electron chi connectivity index (χ3n) is 18.2. The highest BCUT2D eigenvalue weighted by atomic mass is 16.5. The summed E-state index contributed by atoms with van der Waals surface area (Å²) < 4.78 is 93.2. The summed E-state index contributed by atoms with van der Waals surface area (Å²) in [7, 11) is 17.8. The lowest BCUT2D eigenvalue weighted by Crippen LogP contribution is -2.33. The van der Waals surface area contributed by atoms with Crippen LogP contribution in [0.1, 0.15) is 146 Å². The van der Waals surface area contributed by atoms with Crippen molar-refractivity contribution in [2.45, 2.75) is 75.5 Å². The first-order valence-corrected chi connectivity index (χ1v) is 31.5. The predicted molar refractivity (Wildman–Crippen MR) is 359 cm³/mol. The highest BCUT2D eigenvalue weighted by molar-refractivity contribution is 6.11. The van der Waals surface area contributed by atoms with E-state index < -0.39 is 61.0 Å². The Kier molecular flexibility index (Phi) is 21.2. The number of ketones is 4. The molecule has 4 heterocycles. The van der Waals surface area contributed by atoms with Gasteiger partial charge in [0.1, 0.15) is 92.7 Å². The molecule has 0 fully saturated rings. The number of hydrogen-bond donors (Lipinski definition) is 4. The molecule has 12 rings (SSSR count). The van der Waals surface area contributed by atoms with Crippen molar-refractivity contribution in [1.82, 2.24) is 0 Å². The molecule has 0 radical (unpaired) electrons. The van der Waals surface area contributed by atoms with E-state index in [0.29, 0.717) is 90.5 Å². The van der Waals surface area contributed by atoms with E-state index in [1.54, 1.807) is 109 Å². The van der Waals surface area contributed by atoms with Crippen LogP contribution in [-0.4, -0.2) is 129 Å². The zero-order valence-electron chi connectivity index (χ0n) is 57.1. The van der Waals surface area contributed by atoms with Crippen molar-refractivity contribution in [2.24, 2.45) is 0 Å². The lowest BCUT2D eigenvalue weighted by atomic mass is 9.76. The molecule has 0 aliphatic carbocycles. The zero-order valence-corrected chi connectivity index (χ0v) is 57.1. The SMILES string of the molecule is COc1ccc([C@@H]2CC(=O)c3c(OC)cc(CO)c([C@@H]4C(=O)c5c(OC)cc(CO)cc5O[C@@H]4c4ccc(OC)c(OC)c4)c3O2)cc1OC.COc1ccc([C@@H]2CC(=O)c3c(OC)cc(CO)c([C@H]4C(=O)c5c(OC)cc(CO)cc5O[C@@H]4c4ccc(OC)c(OC)c4)c3O2)cc1OC. The van der Waals surface area contributed by atoms with Crippen molar-refractivity contribution in [2.75, 3.05) is 85.3 Å². The summed E-state index contributed by atoms with van der Waals surface area (Å²) in [6, 6.07) is 30.2. The fourth-order valence-electron chi connectivity index (χ4n) is 13.4. The van der Waals surface area contributed by atoms with Crippen LogP contribution in [0, 0.1) is 0 Å². The summed E-state index contributed by atoms with van der Waals surface area (Å²) in [4.78, 5) is 58.1. The van der Waals surface area contributed by atoms with E-state index in [-0.39, 0.29) is 117 Å². The average molecular weight is 1370 g/mol. The normalized spacial score (nSPS) is 17.9. The lowest BCUT2D eigenvalue weighted by Gasteiger charge is -2.37. The van der Waals surface area contributed by atoms with Crippen LogP contribution in [0.2, 0.25) is 0 Å². The minimum absolute atomic E-state index is 0.0361. The van der Waals surface area contributed by atoms with E-state index in [9.17, 15) is 39.6 Å². The summed E-state index contributed by atoms with van der Waals surface area (Å²) >= 11 is 0. The molecule has 24 nitrogen and oxygen atoms in total. The summed E-state index contributed by atoms with van der Waals surface area (Å²) in [5.74, 6) is 1.22. The van der Waals surface area contributed by atoms with Gasteiger partial charge in [0.15, 0.2) is 69.1 Å². The van der Waals surface area contributed by atoms with E-state index in [1.807, 2.05) is 0 Å². The first-order chi connectivity index (χ1) is 48.5. The van der Waals surface area contributed by atoms with Gasteiger partial charge in [0.2, 0.25) is 0 Å². The number of carbonyl (C=O) groups excluding carboxylic acids is 4. The maximum Gasteiger partial charge on any atom is 0.182 e. The van der Waals surface area contributed by atoms with E-state index >= 15 is 0 Å². The molecule has 0 saturated carbocycles. The Balaban J connectivity index is 0.000000202. The molecular weight excluding hydrogens is 1300 g/mol. The Hall–Kier alpha value is -10.9. The topological polar surface area (TPSA) is 297 Å². The van der Waals surface area contributed by atoms with Gasteiger partial charge in [-0.1, -0.05) is 24.3 Å². The van der Waals surface area contributed by atoms with Crippen LogP contribution in [0.3, 0.4) is 0 Å². The Labute approximate surface area is 576 Å². The fraction of sp³-hybridized carbons (Fsp3) is 0.316. The lowest BCUT2D eigenvalue weighted by molar-refractivity contribution is 0.0737. The third kappa shape index (κ3) is 12.7. The Morgan fingerprint density at radius 3 is 0.900 bits per heavy atom. The zero-order chi connectivity index (χ0) is 71.4. The smallest absolute Gasteiger partial charge is 0.182 e. The minimum Gasteiger partial charge on any atom is -0.496 e. The van der Waals surface area contributed by atoms with Gasteiger partial charge in [-0.3, -0.25) is 19.2 Å². The van der Waals surface area contributed by atoms with Crippen LogP contribution in [0.15, 0.2) is 109 Å². The predicted octanol–water partition coefficient (Wildman–Crippen LogP) is 11.1. The van der Waals surface area contributed by atoms with Crippen LogP contribution in [0.25, 0.3) is 0 Å². The number of rotatable bonds is 22. The molecule has 0 amide bonds. The van der Waals surface area contributed by atoms with E-state index in [2.05, 4.69) is 0 Å². The largest absolute Gasteiger partial charge is 0.496 e. The molecule has 4 aliphatic rings. The average Bonchev–Trinajstić information content (AvgIpc) is 0.730. The number of aliphatic hydroxyl groups is 4. The number of hydrogen-bond acceptors (Lipinski definition) is 24. The molecule has 0 bridgehead atoms. The summed E-state index contributed by atoms with van der Waals surface area (Å²) in [6.45, 7) is -1.68. The van der Waals surface area contributed by atoms with Crippen LogP contribution in [0.4, 0.5) is 0 Å². The molecule has 0 spiro atoms. The van der Waals surface area contributed by atoms with Gasteiger partial charge in [0, 0.05) is 11.1 Å². The van der Waals surface area contributed by atoms with Crippen LogP contribution in [0.5, 0.6) is 92.0 Å². The highest BCUT2D eigenvalue weighted by Gasteiger charge is 2.49. The molecule has 6 atom stereocenters. The molecule has 0 aromatic heterocycles. The van der Waals surface area contributed by atoms with Gasteiger partial charge in [-0.15, -0.1) is 0 Å². The molecule has 24 heteroatoms. The molecule has 524 valence electrons. The second-order valence-electron chi connectivity index (χ2n) is 23.4. The fourth-order valence-corrected chi connectivity index (χ4v) is 13.4. The third-order valence-corrected chi connectivity index (χ3v) is 18.2. The number of ether oxygens (including phenoxy) is 16. The molecule has 8 aromatic carbocycles. The van der Waals surface area contributed by atoms with Crippen molar-refractivity contribution in [3.8, 4) is 92.0 Å². The van der Waals surface area contributed by atoms with Gasteiger partial charge in [0.05, 0.1) is 136 Å². The van der Waals surface area contributed by atoms with E-state index in [1.165, 1.54) is 85.3 Å². The number of benzene rings is 8. The summed E-state index contributed by atoms with van der Waals surface area (Å²) in [6.07, 6.45) is -3.72. The van der Waals surface area contributed by atoms with E-state index in [4.69, 9.17) is 75.8 Å². The Morgan fingerprint density at radius 1 is 0.320 bits per heavy atom. The first kappa shape index (κ1) is 70.4. The maximum absolute atomic E-state index is 15.0. The van der Waals surface area contributed by atoms with Gasteiger partial charge < -0.3 is 96.2 Å². The molecule has 0 saturated heterocycles. The number of carbonyl (C=O) groups is 4. The molecule has 100 heavy (non-hydrogen) atoms. The highest BCUT2D eigenvalue weighted by Crippen LogP contribution is 2.57. The van der Waals surface area contributed by atoms with Crippen molar-refractivity contribution in [3.63, 3.8) is 0 Å². The maximum atomic E-state index is 15.0. The van der Waals surface area contributed by atoms with Gasteiger partial charge >= 0.3 is 0 Å². The molecule has 4 aliphatic heterocycles. The van der Waals surface area contributed by atoms with Crippen molar-refractivity contribution >= 4 is 23.1 Å². The second-order valence-corrected chi connectivity index (χ2v) is 23.4. The van der Waals surface area contributed by atoms with Crippen molar-refractivity contribution in [1.29, 1.82) is 0 Å². The van der Waals surface area contributed by atoms with Gasteiger partial charge in [0.25, 0.3) is 0 Å². The number of Topliss-reactive ketones (excluding diaryl/α,β-unsaturated/α-hetero) is 4. The molecule has 0 unspecified atom stereocenters. The molecule has 4 N–H and O–H groups in total. The van der Waals surface area contributed by atoms with Crippen molar-refractivity contribution in [3.05, 3.63) is 187 Å². The van der Waals surface area contributed by atoms with E-state index in [0.717, 1.165) is 0 Å². The number of methoxy groups -OCH3 is 12. The number of aliphatic hydroxyl groups excluding tert-OH is 4. The minimum atomic E-state index is -1.17.